The number of nitrogens with one attached hydrogen (secondary N) is 1. The highest BCUT2D eigenvalue weighted by Gasteiger charge is 2.18. The largest absolute Gasteiger partial charge is 0.492 e. The van der Waals surface area contributed by atoms with Gasteiger partial charge in [-0.3, -0.25) is 9.69 Å². The predicted octanol–water partition coefficient (Wildman–Crippen LogP) is 3.19. The maximum atomic E-state index is 12.4. The first-order chi connectivity index (χ1) is 13.0. The Morgan fingerprint density at radius 1 is 1.22 bits per heavy atom. The number of rotatable bonds is 8. The van der Waals surface area contributed by atoms with Crippen LogP contribution in [0, 0.1) is 0 Å². The lowest BCUT2D eigenvalue weighted by Crippen LogP contribution is -2.44. The SMILES string of the molecule is CC(C(=O)NCc1ccc2c(c1)OCO2)N(C)CCOc1ccc(Br)cc1. The van der Waals surface area contributed by atoms with Gasteiger partial charge in [0.2, 0.25) is 12.7 Å². The van der Waals surface area contributed by atoms with Gasteiger partial charge in [-0.25, -0.2) is 0 Å². The Morgan fingerprint density at radius 2 is 1.96 bits per heavy atom. The third-order valence-electron chi connectivity index (χ3n) is 4.47. The van der Waals surface area contributed by atoms with Gasteiger partial charge in [0.1, 0.15) is 12.4 Å². The van der Waals surface area contributed by atoms with Gasteiger partial charge in [0.05, 0.1) is 6.04 Å². The summed E-state index contributed by atoms with van der Waals surface area (Å²) in [6, 6.07) is 13.1. The van der Waals surface area contributed by atoms with E-state index in [0.29, 0.717) is 19.7 Å². The molecule has 0 fully saturated rings. The molecule has 1 heterocycles. The Kier molecular flexibility index (Phi) is 6.58. The number of hydrogen-bond donors (Lipinski definition) is 1. The number of fused-ring (bicyclic) bond motifs is 1. The summed E-state index contributed by atoms with van der Waals surface area (Å²) in [6.45, 7) is 3.74. The van der Waals surface area contributed by atoms with Gasteiger partial charge in [-0.1, -0.05) is 22.0 Å². The van der Waals surface area contributed by atoms with Crippen molar-refractivity contribution in [2.75, 3.05) is 27.0 Å². The van der Waals surface area contributed by atoms with E-state index >= 15 is 0 Å². The molecular weight excluding hydrogens is 412 g/mol. The number of hydrogen-bond acceptors (Lipinski definition) is 5. The maximum absolute atomic E-state index is 12.4. The highest BCUT2D eigenvalue weighted by molar-refractivity contribution is 9.10. The Labute approximate surface area is 167 Å². The van der Waals surface area contributed by atoms with Gasteiger partial charge in [0, 0.05) is 17.6 Å². The summed E-state index contributed by atoms with van der Waals surface area (Å²) >= 11 is 3.40. The molecule has 0 aliphatic carbocycles. The highest BCUT2D eigenvalue weighted by Crippen LogP contribution is 2.32. The van der Waals surface area contributed by atoms with Gasteiger partial charge >= 0.3 is 0 Å². The van der Waals surface area contributed by atoms with Crippen LogP contribution in [0.4, 0.5) is 0 Å². The molecule has 1 atom stereocenters. The smallest absolute Gasteiger partial charge is 0.237 e. The molecule has 3 rings (SSSR count). The molecule has 1 aliphatic heterocycles. The van der Waals surface area contributed by atoms with Crippen LogP contribution < -0.4 is 19.5 Å². The fourth-order valence-electron chi connectivity index (χ4n) is 2.62. The van der Waals surface area contributed by atoms with Crippen LogP contribution in [0.15, 0.2) is 46.9 Å². The van der Waals surface area contributed by atoms with Crippen LogP contribution in [0.3, 0.4) is 0 Å². The van der Waals surface area contributed by atoms with E-state index in [1.165, 1.54) is 0 Å². The van der Waals surface area contributed by atoms with Crippen LogP contribution >= 0.6 is 15.9 Å². The number of benzene rings is 2. The molecule has 7 heteroatoms. The number of carbonyl (C=O) groups excluding carboxylic acids is 1. The monoisotopic (exact) mass is 434 g/mol. The van der Waals surface area contributed by atoms with Crippen molar-refractivity contribution in [2.45, 2.75) is 19.5 Å². The van der Waals surface area contributed by atoms with Crippen molar-refractivity contribution in [3.8, 4) is 17.2 Å². The topological polar surface area (TPSA) is 60.0 Å². The maximum Gasteiger partial charge on any atom is 0.237 e. The summed E-state index contributed by atoms with van der Waals surface area (Å²) < 4.78 is 17.4. The molecule has 0 aromatic heterocycles. The van der Waals surface area contributed by atoms with Crippen LogP contribution in [0.25, 0.3) is 0 Å². The number of halogens is 1. The van der Waals surface area contributed by atoms with Crippen molar-refractivity contribution in [3.05, 3.63) is 52.5 Å². The summed E-state index contributed by atoms with van der Waals surface area (Å²) in [5, 5.41) is 2.96. The third-order valence-corrected chi connectivity index (χ3v) is 5.00. The summed E-state index contributed by atoms with van der Waals surface area (Å²) in [5.74, 6) is 2.24. The van der Waals surface area contributed by atoms with Gasteiger partial charge in [0.25, 0.3) is 0 Å². The number of carbonyl (C=O) groups is 1. The predicted molar refractivity (Wildman–Crippen MR) is 106 cm³/mol. The lowest BCUT2D eigenvalue weighted by Gasteiger charge is -2.24. The van der Waals surface area contributed by atoms with Crippen LogP contribution in [0.1, 0.15) is 12.5 Å². The zero-order valence-corrected chi connectivity index (χ0v) is 17.0. The van der Waals surface area contributed by atoms with Crippen molar-refractivity contribution in [3.63, 3.8) is 0 Å². The average molecular weight is 435 g/mol. The van der Waals surface area contributed by atoms with Gasteiger partial charge in [-0.2, -0.15) is 0 Å². The molecule has 0 radical (unpaired) electrons. The van der Waals surface area contributed by atoms with Crippen molar-refractivity contribution >= 4 is 21.8 Å². The Hall–Kier alpha value is -2.25. The van der Waals surface area contributed by atoms with E-state index < -0.39 is 0 Å². The van der Waals surface area contributed by atoms with Crippen molar-refractivity contribution in [1.82, 2.24) is 10.2 Å². The molecule has 2 aromatic carbocycles. The van der Waals surface area contributed by atoms with Crippen molar-refractivity contribution in [1.29, 1.82) is 0 Å². The van der Waals surface area contributed by atoms with Gasteiger partial charge in [-0.05, 0) is 55.9 Å². The fourth-order valence-corrected chi connectivity index (χ4v) is 2.88. The average Bonchev–Trinajstić information content (AvgIpc) is 3.14. The zero-order valence-electron chi connectivity index (χ0n) is 15.4. The van der Waals surface area contributed by atoms with Crippen LogP contribution in [-0.2, 0) is 11.3 Å². The second kappa shape index (κ2) is 9.10. The van der Waals surface area contributed by atoms with E-state index in [1.54, 1.807) is 0 Å². The zero-order chi connectivity index (χ0) is 19.2. The first kappa shape index (κ1) is 19.5. The molecule has 2 aromatic rings. The third kappa shape index (κ3) is 5.37. The Balaban J connectivity index is 1.41. The summed E-state index contributed by atoms with van der Waals surface area (Å²) in [6.07, 6.45) is 0. The minimum atomic E-state index is -0.257. The fraction of sp³-hybridized carbons (Fsp3) is 0.350. The Morgan fingerprint density at radius 3 is 2.74 bits per heavy atom. The number of nitrogens with zero attached hydrogens (tertiary/aromatic N) is 1. The molecule has 0 spiro atoms. The van der Waals surface area contributed by atoms with Crippen molar-refractivity contribution < 1.29 is 19.0 Å². The highest BCUT2D eigenvalue weighted by atomic mass is 79.9. The van der Waals surface area contributed by atoms with E-state index in [-0.39, 0.29) is 18.7 Å². The minimum Gasteiger partial charge on any atom is -0.492 e. The van der Waals surface area contributed by atoms with Crippen LogP contribution in [-0.4, -0.2) is 43.8 Å². The summed E-state index contributed by atoms with van der Waals surface area (Å²) in [4.78, 5) is 14.4. The Bertz CT molecular complexity index is 782. The minimum absolute atomic E-state index is 0.0289. The number of ether oxygens (including phenoxy) is 3. The van der Waals surface area contributed by atoms with Crippen LogP contribution in [0.2, 0.25) is 0 Å². The normalized spacial score (nSPS) is 13.5. The molecule has 0 saturated heterocycles. The van der Waals surface area contributed by atoms with E-state index in [0.717, 1.165) is 27.3 Å². The van der Waals surface area contributed by atoms with Crippen LogP contribution in [0.5, 0.6) is 17.2 Å². The van der Waals surface area contributed by atoms with Crippen molar-refractivity contribution in [2.24, 2.45) is 0 Å². The van der Waals surface area contributed by atoms with E-state index in [9.17, 15) is 4.79 Å². The molecule has 6 nitrogen and oxygen atoms in total. The second-order valence-corrected chi connectivity index (χ2v) is 7.28. The molecule has 1 amide bonds. The molecule has 1 aliphatic rings. The molecule has 0 bridgehead atoms. The van der Waals surface area contributed by atoms with E-state index in [1.807, 2.05) is 61.3 Å². The second-order valence-electron chi connectivity index (χ2n) is 6.36. The first-order valence-electron chi connectivity index (χ1n) is 8.78. The molecule has 1 N–H and O–H groups in total. The summed E-state index contributed by atoms with van der Waals surface area (Å²) in [5.41, 5.74) is 0.973. The quantitative estimate of drug-likeness (QED) is 0.690. The lowest BCUT2D eigenvalue weighted by atomic mass is 10.2. The van der Waals surface area contributed by atoms with Gasteiger partial charge in [-0.15, -0.1) is 0 Å². The van der Waals surface area contributed by atoms with Gasteiger partial charge < -0.3 is 19.5 Å². The lowest BCUT2D eigenvalue weighted by molar-refractivity contribution is -0.125. The summed E-state index contributed by atoms with van der Waals surface area (Å²) in [7, 11) is 1.91. The van der Waals surface area contributed by atoms with Gasteiger partial charge in [0.15, 0.2) is 11.5 Å². The van der Waals surface area contributed by atoms with E-state index in [2.05, 4.69) is 21.2 Å². The first-order valence-corrected chi connectivity index (χ1v) is 9.57. The molecular formula is C20H23BrN2O4. The molecule has 1 unspecified atom stereocenters. The number of likely N-dealkylation sites (N-methyl/N-ethyl adjacent to an activating group) is 1. The molecule has 0 saturated carbocycles. The standard InChI is InChI=1S/C20H23BrN2O4/c1-14(23(2)9-10-25-17-6-4-16(21)5-7-17)20(24)22-12-15-3-8-18-19(11-15)27-13-26-18/h3-8,11,14H,9-10,12-13H2,1-2H3,(H,22,24). The van der Waals surface area contributed by atoms with E-state index in [4.69, 9.17) is 14.2 Å². The molecule has 144 valence electrons. The number of amides is 1. The molecule has 27 heavy (non-hydrogen) atoms.